The molecule has 29 heavy (non-hydrogen) atoms. The number of hydrogen-bond donors (Lipinski definition) is 2. The van der Waals surface area contributed by atoms with Crippen molar-refractivity contribution < 1.29 is 9.59 Å². The lowest BCUT2D eigenvalue weighted by Crippen LogP contribution is -2.47. The molecular weight excluding hydrogens is 364 g/mol. The summed E-state index contributed by atoms with van der Waals surface area (Å²) in [7, 11) is 0. The average Bonchev–Trinajstić information content (AvgIpc) is 3.17. The van der Waals surface area contributed by atoms with Gasteiger partial charge in [-0.3, -0.25) is 9.69 Å². The predicted octanol–water partition coefficient (Wildman–Crippen LogP) is 2.63. The molecule has 0 saturated carbocycles. The highest BCUT2D eigenvalue weighted by Crippen LogP contribution is 2.18. The van der Waals surface area contributed by atoms with E-state index in [1.54, 1.807) is 12.1 Å². The fourth-order valence-corrected chi connectivity index (χ4v) is 3.91. The van der Waals surface area contributed by atoms with E-state index in [9.17, 15) is 9.59 Å². The lowest BCUT2D eigenvalue weighted by molar-refractivity contribution is 0.1000. The zero-order valence-corrected chi connectivity index (χ0v) is 17.0. The predicted molar refractivity (Wildman–Crippen MR) is 115 cm³/mol. The summed E-state index contributed by atoms with van der Waals surface area (Å²) in [5.41, 5.74) is 8.11. The summed E-state index contributed by atoms with van der Waals surface area (Å²) < 4.78 is 0. The van der Waals surface area contributed by atoms with E-state index in [1.165, 1.54) is 5.56 Å². The Hall–Kier alpha value is -2.86. The number of carbonyl (C=O) groups excluding carboxylic acids is 2. The molecule has 6 heteroatoms. The highest BCUT2D eigenvalue weighted by molar-refractivity contribution is 5.92. The summed E-state index contributed by atoms with van der Waals surface area (Å²) >= 11 is 0. The van der Waals surface area contributed by atoms with Gasteiger partial charge in [0.2, 0.25) is 5.91 Å². The molecule has 0 spiro atoms. The topological polar surface area (TPSA) is 78.7 Å². The van der Waals surface area contributed by atoms with Gasteiger partial charge in [0.05, 0.1) is 0 Å². The molecule has 1 heterocycles. The molecule has 0 radical (unpaired) electrons. The maximum absolute atomic E-state index is 12.7. The summed E-state index contributed by atoms with van der Waals surface area (Å²) in [6.45, 7) is 6.06. The van der Waals surface area contributed by atoms with Crippen LogP contribution >= 0.6 is 0 Å². The van der Waals surface area contributed by atoms with Crippen LogP contribution in [0, 0.1) is 0 Å². The third-order valence-corrected chi connectivity index (χ3v) is 5.44. The zero-order chi connectivity index (χ0) is 20.6. The molecule has 1 saturated heterocycles. The molecule has 1 fully saturated rings. The van der Waals surface area contributed by atoms with Crippen molar-refractivity contribution in [3.63, 3.8) is 0 Å². The van der Waals surface area contributed by atoms with Gasteiger partial charge >= 0.3 is 6.03 Å². The van der Waals surface area contributed by atoms with E-state index in [0.717, 1.165) is 31.6 Å². The van der Waals surface area contributed by atoms with Crippen molar-refractivity contribution in [1.82, 2.24) is 15.1 Å². The molecule has 3 N–H and O–H groups in total. The molecule has 3 rings (SSSR count). The smallest absolute Gasteiger partial charge is 0.317 e. The first kappa shape index (κ1) is 20.9. The molecule has 1 atom stereocenters. The number of nitrogens with zero attached hydrogens (tertiary/aromatic N) is 2. The Bertz CT molecular complexity index is 825. The fraction of sp³-hybridized carbons (Fsp3) is 0.391. The summed E-state index contributed by atoms with van der Waals surface area (Å²) in [5.74, 6) is -0.436. The first-order valence-corrected chi connectivity index (χ1v) is 10.3. The third-order valence-electron chi connectivity index (χ3n) is 5.44. The molecule has 154 valence electrons. The van der Waals surface area contributed by atoms with Gasteiger partial charge in [0.25, 0.3) is 0 Å². The highest BCUT2D eigenvalue weighted by atomic mass is 16.2. The van der Waals surface area contributed by atoms with Gasteiger partial charge in [0.15, 0.2) is 0 Å². The van der Waals surface area contributed by atoms with Crippen molar-refractivity contribution in [2.75, 3.05) is 26.2 Å². The van der Waals surface area contributed by atoms with Gasteiger partial charge in [-0.05, 0) is 43.0 Å². The number of carbonyl (C=O) groups is 2. The van der Waals surface area contributed by atoms with Gasteiger partial charge in [0.1, 0.15) is 0 Å². The maximum atomic E-state index is 12.7. The normalized spacial score (nSPS) is 16.5. The monoisotopic (exact) mass is 394 g/mol. The number of urea groups is 1. The van der Waals surface area contributed by atoms with Crippen molar-refractivity contribution in [3.05, 3.63) is 71.3 Å². The van der Waals surface area contributed by atoms with E-state index in [1.807, 2.05) is 30.0 Å². The number of benzene rings is 2. The Morgan fingerprint density at radius 1 is 1.14 bits per heavy atom. The van der Waals surface area contributed by atoms with Crippen LogP contribution in [0.15, 0.2) is 54.6 Å². The Morgan fingerprint density at radius 3 is 2.62 bits per heavy atom. The van der Waals surface area contributed by atoms with E-state index in [4.69, 9.17) is 5.73 Å². The van der Waals surface area contributed by atoms with Crippen LogP contribution < -0.4 is 11.1 Å². The average molecular weight is 395 g/mol. The SMILES string of the molecule is CCN(C(=O)NCCc1cccc(C(N)=O)c1)[C@H]1CCN(Cc2ccccc2)C1. The molecule has 0 aliphatic carbocycles. The van der Waals surface area contributed by atoms with Crippen molar-refractivity contribution in [2.45, 2.75) is 32.4 Å². The van der Waals surface area contributed by atoms with Crippen LogP contribution in [0.5, 0.6) is 0 Å². The summed E-state index contributed by atoms with van der Waals surface area (Å²) in [6, 6.07) is 17.9. The number of nitrogens with two attached hydrogens (primary N) is 1. The second kappa shape index (κ2) is 10.1. The molecule has 6 nitrogen and oxygen atoms in total. The number of likely N-dealkylation sites (tertiary alicyclic amines) is 1. The lowest BCUT2D eigenvalue weighted by atomic mass is 10.1. The number of nitrogens with one attached hydrogen (secondary N) is 1. The molecule has 1 aliphatic heterocycles. The summed E-state index contributed by atoms with van der Waals surface area (Å²) in [6.07, 6.45) is 1.66. The van der Waals surface area contributed by atoms with Crippen molar-refractivity contribution in [2.24, 2.45) is 5.73 Å². The second-order valence-electron chi connectivity index (χ2n) is 7.50. The van der Waals surface area contributed by atoms with Crippen LogP contribution in [0.2, 0.25) is 0 Å². The van der Waals surface area contributed by atoms with Crippen molar-refractivity contribution in [3.8, 4) is 0 Å². The lowest BCUT2D eigenvalue weighted by Gasteiger charge is -2.28. The second-order valence-corrected chi connectivity index (χ2v) is 7.50. The minimum absolute atomic E-state index is 0.0230. The summed E-state index contributed by atoms with van der Waals surface area (Å²) in [4.78, 5) is 28.4. The van der Waals surface area contributed by atoms with Gasteiger partial charge in [-0.1, -0.05) is 42.5 Å². The number of primary amides is 1. The number of hydrogen-bond acceptors (Lipinski definition) is 3. The zero-order valence-electron chi connectivity index (χ0n) is 17.0. The van der Waals surface area contributed by atoms with Crippen LogP contribution in [0.1, 0.15) is 34.8 Å². The van der Waals surface area contributed by atoms with Gasteiger partial charge in [0, 0.05) is 44.3 Å². The minimum Gasteiger partial charge on any atom is -0.366 e. The van der Waals surface area contributed by atoms with Crippen LogP contribution in [0.25, 0.3) is 0 Å². The third kappa shape index (κ3) is 5.81. The van der Waals surface area contributed by atoms with E-state index >= 15 is 0 Å². The van der Waals surface area contributed by atoms with E-state index in [-0.39, 0.29) is 12.1 Å². The molecule has 3 amide bonds. The standard InChI is InChI=1S/C23H30N4O2/c1-2-27(21-12-14-26(17-21)16-19-7-4-3-5-8-19)23(29)25-13-11-18-9-6-10-20(15-18)22(24)28/h3-10,15,21H,2,11-14,16-17H2,1H3,(H2,24,28)(H,25,29)/t21-/m0/s1. The molecule has 2 aromatic carbocycles. The summed E-state index contributed by atoms with van der Waals surface area (Å²) in [5, 5.41) is 3.02. The largest absolute Gasteiger partial charge is 0.366 e. The van der Waals surface area contributed by atoms with Gasteiger partial charge in [-0.25, -0.2) is 4.79 Å². The Kier molecular flexibility index (Phi) is 7.25. The van der Waals surface area contributed by atoms with Crippen molar-refractivity contribution in [1.29, 1.82) is 0 Å². The number of likely N-dealkylation sites (N-methyl/N-ethyl adjacent to an activating group) is 1. The maximum Gasteiger partial charge on any atom is 0.317 e. The van der Waals surface area contributed by atoms with Crippen molar-refractivity contribution >= 4 is 11.9 Å². The van der Waals surface area contributed by atoms with Crippen LogP contribution in [0.3, 0.4) is 0 Å². The van der Waals surface area contributed by atoms with Gasteiger partial charge < -0.3 is 16.0 Å². The molecular formula is C23H30N4O2. The quantitative estimate of drug-likeness (QED) is 0.722. The van der Waals surface area contributed by atoms with E-state index < -0.39 is 5.91 Å². The Morgan fingerprint density at radius 2 is 1.90 bits per heavy atom. The fourth-order valence-electron chi connectivity index (χ4n) is 3.91. The number of rotatable bonds is 8. The Labute approximate surface area is 172 Å². The van der Waals surface area contributed by atoms with Crippen LogP contribution in [0.4, 0.5) is 4.79 Å². The minimum atomic E-state index is -0.436. The van der Waals surface area contributed by atoms with Crippen LogP contribution in [-0.2, 0) is 13.0 Å². The molecule has 0 bridgehead atoms. The highest BCUT2D eigenvalue weighted by Gasteiger charge is 2.29. The van der Waals surface area contributed by atoms with Gasteiger partial charge in [-0.15, -0.1) is 0 Å². The Balaban J connectivity index is 1.48. The molecule has 1 aliphatic rings. The van der Waals surface area contributed by atoms with Gasteiger partial charge in [-0.2, -0.15) is 0 Å². The van der Waals surface area contributed by atoms with E-state index in [2.05, 4.69) is 34.5 Å². The molecule has 0 unspecified atom stereocenters. The van der Waals surface area contributed by atoms with E-state index in [0.29, 0.717) is 25.1 Å². The molecule has 0 aromatic heterocycles. The first-order valence-electron chi connectivity index (χ1n) is 10.3. The van der Waals surface area contributed by atoms with Crippen LogP contribution in [-0.4, -0.2) is 54.0 Å². The molecule has 2 aromatic rings. The number of amides is 3. The first-order chi connectivity index (χ1) is 14.1.